The normalized spacial score (nSPS) is 13.1. The van der Waals surface area contributed by atoms with Crippen LogP contribution in [0.1, 0.15) is 28.3 Å². The molecule has 1 aliphatic rings. The number of carbonyl (C=O) groups excluding carboxylic acids is 1. The summed E-state index contributed by atoms with van der Waals surface area (Å²) in [6.45, 7) is 0.393. The lowest BCUT2D eigenvalue weighted by molar-refractivity contribution is -0.141. The highest BCUT2D eigenvalue weighted by Crippen LogP contribution is 2.44. The average molecular weight is 424 g/mol. The molecule has 1 aromatic heterocycles. The number of nitrogens with zero attached hydrogens (tertiary/aromatic N) is 1. The van der Waals surface area contributed by atoms with E-state index in [1.54, 1.807) is 12.2 Å². The molecular weight excluding hydrogens is 405 g/mol. The van der Waals surface area contributed by atoms with Gasteiger partial charge in [0, 0.05) is 18.7 Å². The summed E-state index contributed by atoms with van der Waals surface area (Å²) >= 11 is 0. The second-order valence-electron chi connectivity index (χ2n) is 7.08. The number of hydrogen-bond acceptors (Lipinski definition) is 3. The molecule has 0 unspecified atom stereocenters. The number of halogens is 3. The Morgan fingerprint density at radius 3 is 2.23 bits per heavy atom. The van der Waals surface area contributed by atoms with Crippen LogP contribution in [0.3, 0.4) is 0 Å². The quantitative estimate of drug-likeness (QED) is 0.576. The second kappa shape index (κ2) is 8.63. The number of fused-ring (bicyclic) bond motifs is 3. The van der Waals surface area contributed by atoms with Gasteiger partial charge in [0.2, 0.25) is 0 Å². The van der Waals surface area contributed by atoms with Crippen molar-refractivity contribution in [3.63, 3.8) is 0 Å². The molecule has 0 saturated carbocycles. The largest absolute Gasteiger partial charge is 0.449 e. The van der Waals surface area contributed by atoms with Crippen molar-refractivity contribution in [3.05, 3.63) is 95.3 Å². The molecule has 2 aromatic carbocycles. The highest BCUT2D eigenvalue weighted by atomic mass is 19.4. The Morgan fingerprint density at radius 2 is 1.65 bits per heavy atom. The van der Waals surface area contributed by atoms with Crippen LogP contribution in [0.5, 0.6) is 0 Å². The molecule has 0 bridgehead atoms. The Balaban J connectivity index is 1.30. The number of aromatic nitrogens is 1. The molecule has 1 heterocycles. The van der Waals surface area contributed by atoms with E-state index in [9.17, 15) is 18.0 Å². The SMILES string of the molecule is O=C(NCC=Cc1ccc(C(F)(F)F)nc1)OCC1c2ccccc2-c2ccccc21. The first-order valence-electron chi connectivity index (χ1n) is 9.72. The summed E-state index contributed by atoms with van der Waals surface area (Å²) in [5.74, 6) is -0.0214. The van der Waals surface area contributed by atoms with E-state index in [1.807, 2.05) is 36.4 Å². The molecule has 3 aromatic rings. The van der Waals surface area contributed by atoms with Gasteiger partial charge in [0.25, 0.3) is 0 Å². The Labute approximate surface area is 177 Å². The van der Waals surface area contributed by atoms with Crippen LogP contribution >= 0.6 is 0 Å². The van der Waals surface area contributed by atoms with Crippen LogP contribution in [0.4, 0.5) is 18.0 Å². The van der Waals surface area contributed by atoms with E-state index < -0.39 is 18.0 Å². The van der Waals surface area contributed by atoms with Gasteiger partial charge in [-0.1, -0.05) is 66.7 Å². The first kappa shape index (κ1) is 20.7. The van der Waals surface area contributed by atoms with Gasteiger partial charge in [-0.25, -0.2) is 4.79 Å². The monoisotopic (exact) mass is 424 g/mol. The number of pyridine rings is 1. The molecule has 4 rings (SSSR count). The number of rotatable bonds is 5. The van der Waals surface area contributed by atoms with Gasteiger partial charge in [-0.3, -0.25) is 4.98 Å². The lowest BCUT2D eigenvalue weighted by atomic mass is 9.98. The third-order valence-corrected chi connectivity index (χ3v) is 5.10. The first-order chi connectivity index (χ1) is 14.9. The van der Waals surface area contributed by atoms with Crippen molar-refractivity contribution >= 4 is 12.2 Å². The lowest BCUT2D eigenvalue weighted by Gasteiger charge is -2.14. The molecule has 1 aliphatic carbocycles. The number of benzene rings is 2. The van der Waals surface area contributed by atoms with E-state index >= 15 is 0 Å². The second-order valence-corrected chi connectivity index (χ2v) is 7.08. The molecule has 0 aliphatic heterocycles. The Morgan fingerprint density at radius 1 is 1.00 bits per heavy atom. The average Bonchev–Trinajstić information content (AvgIpc) is 3.09. The van der Waals surface area contributed by atoms with Crippen LogP contribution in [0, 0.1) is 0 Å². The van der Waals surface area contributed by atoms with Gasteiger partial charge in [0.1, 0.15) is 12.3 Å². The maximum Gasteiger partial charge on any atom is 0.433 e. The lowest BCUT2D eigenvalue weighted by Crippen LogP contribution is -2.26. The van der Waals surface area contributed by atoms with Crippen molar-refractivity contribution in [1.82, 2.24) is 10.3 Å². The maximum absolute atomic E-state index is 12.5. The predicted octanol–water partition coefficient (Wildman–Crippen LogP) is 5.65. The molecule has 0 radical (unpaired) electrons. The molecule has 31 heavy (non-hydrogen) atoms. The summed E-state index contributed by atoms with van der Waals surface area (Å²) < 4.78 is 43.0. The summed E-state index contributed by atoms with van der Waals surface area (Å²) in [6.07, 6.45) is -0.694. The van der Waals surface area contributed by atoms with E-state index in [0.717, 1.165) is 34.5 Å². The standard InChI is InChI=1S/C24H19F3N2O2/c25-24(26,27)22-12-11-16(14-29-22)6-5-13-28-23(30)31-15-21-19-9-3-1-7-17(19)18-8-2-4-10-20(18)21/h1-12,14,21H,13,15H2,(H,28,30). The fraction of sp³-hybridized carbons (Fsp3) is 0.167. The van der Waals surface area contributed by atoms with Crippen LogP contribution in [0.15, 0.2) is 72.9 Å². The van der Waals surface area contributed by atoms with Crippen molar-refractivity contribution in [2.45, 2.75) is 12.1 Å². The Bertz CT molecular complexity index is 1060. The van der Waals surface area contributed by atoms with Gasteiger partial charge < -0.3 is 10.1 Å². The number of alkyl carbamates (subject to hydrolysis) is 1. The molecule has 0 atom stereocenters. The number of amides is 1. The third-order valence-electron chi connectivity index (χ3n) is 5.10. The molecule has 0 saturated heterocycles. The van der Waals surface area contributed by atoms with Crippen LogP contribution in [-0.2, 0) is 10.9 Å². The van der Waals surface area contributed by atoms with Gasteiger partial charge >= 0.3 is 12.3 Å². The van der Waals surface area contributed by atoms with Gasteiger partial charge in [0.05, 0.1) is 0 Å². The summed E-state index contributed by atoms with van der Waals surface area (Å²) in [5.41, 5.74) is 4.13. The minimum absolute atomic E-state index is 0.0214. The summed E-state index contributed by atoms with van der Waals surface area (Å²) in [4.78, 5) is 15.5. The summed E-state index contributed by atoms with van der Waals surface area (Å²) in [7, 11) is 0. The minimum Gasteiger partial charge on any atom is -0.449 e. The van der Waals surface area contributed by atoms with Gasteiger partial charge in [-0.2, -0.15) is 13.2 Å². The molecule has 1 amide bonds. The zero-order valence-electron chi connectivity index (χ0n) is 16.4. The number of nitrogens with one attached hydrogen (secondary N) is 1. The highest BCUT2D eigenvalue weighted by Gasteiger charge is 2.32. The van der Waals surface area contributed by atoms with Crippen molar-refractivity contribution in [2.24, 2.45) is 0 Å². The van der Waals surface area contributed by atoms with Crippen molar-refractivity contribution in [2.75, 3.05) is 13.2 Å². The molecule has 158 valence electrons. The van der Waals surface area contributed by atoms with Crippen molar-refractivity contribution < 1.29 is 22.7 Å². The minimum atomic E-state index is -4.46. The Kier molecular flexibility index (Phi) is 5.75. The maximum atomic E-state index is 12.5. The smallest absolute Gasteiger partial charge is 0.433 e. The third kappa shape index (κ3) is 4.60. The number of alkyl halides is 3. The molecule has 0 fully saturated rings. The molecule has 1 N–H and O–H groups in total. The van der Waals surface area contributed by atoms with Crippen LogP contribution < -0.4 is 5.32 Å². The van der Waals surface area contributed by atoms with E-state index in [2.05, 4.69) is 22.4 Å². The van der Waals surface area contributed by atoms with Crippen molar-refractivity contribution in [3.8, 4) is 11.1 Å². The van der Waals surface area contributed by atoms with E-state index in [0.29, 0.717) is 5.56 Å². The number of ether oxygens (including phenoxy) is 1. The topological polar surface area (TPSA) is 51.2 Å². The zero-order chi connectivity index (χ0) is 21.8. The van der Waals surface area contributed by atoms with Gasteiger partial charge in [0.15, 0.2) is 0 Å². The fourth-order valence-electron chi connectivity index (χ4n) is 3.66. The van der Waals surface area contributed by atoms with Crippen LogP contribution in [0.25, 0.3) is 17.2 Å². The van der Waals surface area contributed by atoms with E-state index in [4.69, 9.17) is 4.74 Å². The molecule has 7 heteroatoms. The first-order valence-corrected chi connectivity index (χ1v) is 9.72. The van der Waals surface area contributed by atoms with Gasteiger partial charge in [-0.05, 0) is 33.9 Å². The van der Waals surface area contributed by atoms with E-state index in [1.165, 1.54) is 6.07 Å². The highest BCUT2D eigenvalue weighted by molar-refractivity contribution is 5.79. The molecular formula is C24H19F3N2O2. The predicted molar refractivity (Wildman–Crippen MR) is 111 cm³/mol. The summed E-state index contributed by atoms with van der Waals surface area (Å²) in [6, 6.07) is 18.4. The number of carbonyl (C=O) groups is 1. The molecule has 0 spiro atoms. The Hall–Kier alpha value is -3.61. The molecule has 4 nitrogen and oxygen atoms in total. The van der Waals surface area contributed by atoms with Gasteiger partial charge in [-0.15, -0.1) is 0 Å². The van der Waals surface area contributed by atoms with E-state index in [-0.39, 0.29) is 19.1 Å². The van der Waals surface area contributed by atoms with Crippen LogP contribution in [0.2, 0.25) is 0 Å². The fourth-order valence-corrected chi connectivity index (χ4v) is 3.66. The van der Waals surface area contributed by atoms with Crippen LogP contribution in [-0.4, -0.2) is 24.2 Å². The van der Waals surface area contributed by atoms with Crippen molar-refractivity contribution in [1.29, 1.82) is 0 Å². The summed E-state index contributed by atoms with van der Waals surface area (Å²) in [5, 5.41) is 2.61. The number of hydrogen-bond donors (Lipinski definition) is 1. The zero-order valence-corrected chi connectivity index (χ0v) is 16.4.